The first-order valence-electron chi connectivity index (χ1n) is 6.61. The third-order valence-electron chi connectivity index (χ3n) is 2.92. The van der Waals surface area contributed by atoms with E-state index >= 15 is 0 Å². The number of carbonyl (C=O) groups excluding carboxylic acids is 1. The van der Waals surface area contributed by atoms with Gasteiger partial charge in [0.2, 0.25) is 5.89 Å². The van der Waals surface area contributed by atoms with E-state index in [1.54, 1.807) is 6.07 Å². The van der Waals surface area contributed by atoms with E-state index in [0.29, 0.717) is 28.8 Å². The molecule has 0 saturated heterocycles. The summed E-state index contributed by atoms with van der Waals surface area (Å²) in [7, 11) is 0. The minimum atomic E-state index is -0.277. The van der Waals surface area contributed by atoms with Gasteiger partial charge in [0.05, 0.1) is 22.8 Å². The zero-order valence-electron chi connectivity index (χ0n) is 12.2. The Labute approximate surface area is 127 Å². The highest BCUT2D eigenvalue weighted by atomic mass is 35.5. The van der Waals surface area contributed by atoms with Crippen LogP contribution in [0.25, 0.3) is 0 Å². The fraction of sp³-hybridized carbons (Fsp3) is 0.357. The van der Waals surface area contributed by atoms with Crippen molar-refractivity contribution >= 4 is 23.3 Å². The summed E-state index contributed by atoms with van der Waals surface area (Å²) < 4.78 is 5.40. The van der Waals surface area contributed by atoms with Gasteiger partial charge in [0.1, 0.15) is 11.6 Å². The van der Waals surface area contributed by atoms with Gasteiger partial charge in [-0.25, -0.2) is 9.97 Å². The molecule has 6 nitrogen and oxygen atoms in total. The molecule has 0 aliphatic heterocycles. The Hall–Kier alpha value is -2.08. The normalized spacial score (nSPS) is 10.5. The number of nitrogens with zero attached hydrogens (tertiary/aromatic N) is 2. The lowest BCUT2D eigenvalue weighted by molar-refractivity contribution is 0.0947. The molecule has 2 aromatic heterocycles. The first-order valence-corrected chi connectivity index (χ1v) is 6.99. The van der Waals surface area contributed by atoms with Crippen LogP contribution in [0.3, 0.4) is 0 Å². The van der Waals surface area contributed by atoms with Crippen LogP contribution >= 0.6 is 11.6 Å². The fourth-order valence-electron chi connectivity index (χ4n) is 1.73. The summed E-state index contributed by atoms with van der Waals surface area (Å²) in [5, 5.41) is 6.14. The van der Waals surface area contributed by atoms with Crippen molar-refractivity contribution in [2.45, 2.75) is 27.3 Å². The van der Waals surface area contributed by atoms with Crippen molar-refractivity contribution in [2.75, 3.05) is 11.9 Å². The lowest BCUT2D eigenvalue weighted by atomic mass is 10.2. The molecule has 0 aliphatic rings. The summed E-state index contributed by atoms with van der Waals surface area (Å²) in [6, 6.07) is 1.58. The van der Waals surface area contributed by atoms with Gasteiger partial charge in [-0.3, -0.25) is 4.79 Å². The molecule has 0 aromatic carbocycles. The van der Waals surface area contributed by atoms with Crippen LogP contribution in [0, 0.1) is 13.8 Å². The molecule has 0 aliphatic carbocycles. The topological polar surface area (TPSA) is 80.0 Å². The second-order valence-corrected chi connectivity index (χ2v) is 4.92. The molecular formula is C14H17ClN4O2. The second-order valence-electron chi connectivity index (χ2n) is 4.52. The highest BCUT2D eigenvalue weighted by Gasteiger charge is 2.11. The summed E-state index contributed by atoms with van der Waals surface area (Å²) in [6.07, 6.45) is 1.48. The maximum absolute atomic E-state index is 12.0. The Morgan fingerprint density at radius 2 is 2.19 bits per heavy atom. The van der Waals surface area contributed by atoms with Gasteiger partial charge in [0, 0.05) is 12.7 Å². The molecule has 0 bridgehead atoms. The maximum Gasteiger partial charge on any atom is 0.253 e. The molecule has 7 heteroatoms. The number of rotatable bonds is 5. The van der Waals surface area contributed by atoms with Gasteiger partial charge >= 0.3 is 0 Å². The summed E-state index contributed by atoms with van der Waals surface area (Å²) in [5.41, 5.74) is 1.21. The van der Waals surface area contributed by atoms with E-state index < -0.39 is 0 Å². The molecule has 21 heavy (non-hydrogen) atoms. The zero-order chi connectivity index (χ0) is 15.4. The van der Waals surface area contributed by atoms with Crippen LogP contribution in [0.2, 0.25) is 5.02 Å². The minimum absolute atomic E-state index is 0.222. The van der Waals surface area contributed by atoms with Gasteiger partial charge in [-0.2, -0.15) is 0 Å². The van der Waals surface area contributed by atoms with E-state index in [9.17, 15) is 4.79 Å². The van der Waals surface area contributed by atoms with E-state index in [1.807, 2.05) is 20.8 Å². The van der Waals surface area contributed by atoms with Crippen molar-refractivity contribution in [3.05, 3.63) is 40.2 Å². The van der Waals surface area contributed by atoms with Gasteiger partial charge in [-0.15, -0.1) is 0 Å². The van der Waals surface area contributed by atoms with Crippen LogP contribution < -0.4 is 10.6 Å². The Morgan fingerprint density at radius 1 is 1.43 bits per heavy atom. The van der Waals surface area contributed by atoms with Crippen molar-refractivity contribution in [3.8, 4) is 0 Å². The molecular weight excluding hydrogens is 292 g/mol. The fourth-order valence-corrected chi connectivity index (χ4v) is 1.97. The van der Waals surface area contributed by atoms with Gasteiger partial charge in [-0.1, -0.05) is 11.6 Å². The molecule has 0 radical (unpaired) electrons. The predicted octanol–water partition coefficient (Wildman–Crippen LogP) is 2.70. The van der Waals surface area contributed by atoms with Crippen LogP contribution in [-0.2, 0) is 6.54 Å². The monoisotopic (exact) mass is 308 g/mol. The number of hydrogen-bond donors (Lipinski definition) is 2. The molecule has 1 amide bonds. The van der Waals surface area contributed by atoms with Gasteiger partial charge in [-0.05, 0) is 26.8 Å². The first-order chi connectivity index (χ1) is 10.0. The zero-order valence-corrected chi connectivity index (χ0v) is 12.9. The number of anilines is 1. The van der Waals surface area contributed by atoms with E-state index in [0.717, 1.165) is 11.5 Å². The minimum Gasteiger partial charge on any atom is -0.444 e. The van der Waals surface area contributed by atoms with Crippen molar-refractivity contribution in [2.24, 2.45) is 0 Å². The van der Waals surface area contributed by atoms with Crippen molar-refractivity contribution < 1.29 is 9.21 Å². The Morgan fingerprint density at radius 3 is 2.76 bits per heavy atom. The van der Waals surface area contributed by atoms with E-state index in [2.05, 4.69) is 20.6 Å². The van der Waals surface area contributed by atoms with Crippen molar-refractivity contribution in [1.82, 2.24) is 15.3 Å². The predicted molar refractivity (Wildman–Crippen MR) is 80.6 cm³/mol. The maximum atomic E-state index is 12.0. The Bertz CT molecular complexity index is 635. The lowest BCUT2D eigenvalue weighted by Crippen LogP contribution is -2.23. The molecule has 0 unspecified atom stereocenters. The highest BCUT2D eigenvalue weighted by molar-refractivity contribution is 6.33. The Kier molecular flexibility index (Phi) is 4.80. The standard InChI is InChI=1S/C14H17ClN4O2/c1-4-16-13-11(15)5-10(6-17-13)14(20)18-7-12-19-8(2)9(3)21-12/h5-6H,4,7H2,1-3H3,(H,16,17)(H,18,20). The number of oxazole rings is 1. The lowest BCUT2D eigenvalue weighted by Gasteiger charge is -2.07. The summed E-state index contributed by atoms with van der Waals surface area (Å²) >= 11 is 6.06. The van der Waals surface area contributed by atoms with Gasteiger partial charge < -0.3 is 15.1 Å². The van der Waals surface area contributed by atoms with E-state index in [4.69, 9.17) is 16.0 Å². The first kappa shape index (κ1) is 15.3. The number of amides is 1. The number of aryl methyl sites for hydroxylation is 2. The molecule has 2 heterocycles. The number of hydrogen-bond acceptors (Lipinski definition) is 5. The number of nitrogens with one attached hydrogen (secondary N) is 2. The molecule has 2 N–H and O–H groups in total. The summed E-state index contributed by atoms with van der Waals surface area (Å²) in [6.45, 7) is 6.56. The summed E-state index contributed by atoms with van der Waals surface area (Å²) in [5.74, 6) is 1.51. The van der Waals surface area contributed by atoms with E-state index in [-0.39, 0.29) is 12.5 Å². The molecule has 2 rings (SSSR count). The highest BCUT2D eigenvalue weighted by Crippen LogP contribution is 2.19. The average molecular weight is 309 g/mol. The van der Waals surface area contributed by atoms with Crippen LogP contribution in [0.1, 0.15) is 34.6 Å². The van der Waals surface area contributed by atoms with Crippen molar-refractivity contribution in [1.29, 1.82) is 0 Å². The van der Waals surface area contributed by atoms with Gasteiger partial charge in [0.15, 0.2) is 0 Å². The van der Waals surface area contributed by atoms with Crippen LogP contribution in [-0.4, -0.2) is 22.4 Å². The molecule has 0 saturated carbocycles. The average Bonchev–Trinajstić information content (AvgIpc) is 2.77. The van der Waals surface area contributed by atoms with Crippen LogP contribution in [0.15, 0.2) is 16.7 Å². The number of carbonyl (C=O) groups is 1. The molecule has 0 spiro atoms. The number of pyridine rings is 1. The third kappa shape index (κ3) is 3.72. The number of halogens is 1. The van der Waals surface area contributed by atoms with Crippen molar-refractivity contribution in [3.63, 3.8) is 0 Å². The SMILES string of the molecule is CCNc1ncc(C(=O)NCc2nc(C)c(C)o2)cc1Cl. The molecule has 0 fully saturated rings. The quantitative estimate of drug-likeness (QED) is 0.887. The van der Waals surface area contributed by atoms with E-state index in [1.165, 1.54) is 6.20 Å². The molecule has 112 valence electrons. The third-order valence-corrected chi connectivity index (χ3v) is 3.21. The smallest absolute Gasteiger partial charge is 0.253 e. The van der Waals surface area contributed by atoms with Crippen LogP contribution in [0.4, 0.5) is 5.82 Å². The Balaban J connectivity index is 2.01. The second kappa shape index (κ2) is 6.58. The van der Waals surface area contributed by atoms with Crippen LogP contribution in [0.5, 0.6) is 0 Å². The van der Waals surface area contributed by atoms with Gasteiger partial charge in [0.25, 0.3) is 5.91 Å². The molecule has 2 aromatic rings. The number of aromatic nitrogens is 2. The summed E-state index contributed by atoms with van der Waals surface area (Å²) in [4.78, 5) is 20.3. The largest absolute Gasteiger partial charge is 0.444 e. The molecule has 0 atom stereocenters.